The molecule has 0 aliphatic rings. The van der Waals surface area contributed by atoms with Crippen LogP contribution >= 0.6 is 0 Å². The second-order valence-corrected chi connectivity index (χ2v) is 5.86. The Morgan fingerprint density at radius 2 is 2.06 bits per heavy atom. The van der Waals surface area contributed by atoms with Gasteiger partial charge in [-0.05, 0) is 6.92 Å². The highest BCUT2D eigenvalue weighted by molar-refractivity contribution is 7.89. The number of nitrogens with zero attached hydrogens (tertiary/aromatic N) is 2. The summed E-state index contributed by atoms with van der Waals surface area (Å²) in [6.45, 7) is 6.32. The first kappa shape index (κ1) is 14.1. The Bertz CT molecular complexity index is 479. The molecule has 1 unspecified atom stereocenters. The molecular formula is C10H19N3O3S. The first-order valence-electron chi connectivity index (χ1n) is 5.37. The summed E-state index contributed by atoms with van der Waals surface area (Å²) in [6.07, 6.45) is 1.47. The molecule has 1 rings (SSSR count). The van der Waals surface area contributed by atoms with Gasteiger partial charge in [0.25, 0.3) is 10.0 Å². The lowest BCUT2D eigenvalue weighted by Crippen LogP contribution is -2.14. The number of nitrogens with two attached hydrogens (primary N) is 1. The quantitative estimate of drug-likeness (QED) is 0.851. The molecule has 1 aromatic heterocycles. The van der Waals surface area contributed by atoms with Crippen LogP contribution in [0.3, 0.4) is 0 Å². The minimum absolute atomic E-state index is 0.0143. The molecule has 17 heavy (non-hydrogen) atoms. The Morgan fingerprint density at radius 3 is 2.47 bits per heavy atom. The van der Waals surface area contributed by atoms with Gasteiger partial charge in [0.05, 0.1) is 12.6 Å². The van der Waals surface area contributed by atoms with E-state index >= 15 is 0 Å². The second-order valence-electron chi connectivity index (χ2n) is 4.35. The Labute approximate surface area is 102 Å². The smallest absolute Gasteiger partial charge is 0.257 e. The van der Waals surface area contributed by atoms with Gasteiger partial charge in [-0.25, -0.2) is 18.5 Å². The van der Waals surface area contributed by atoms with Crippen LogP contribution < -0.4 is 5.14 Å². The highest BCUT2D eigenvalue weighted by Gasteiger charge is 2.20. The van der Waals surface area contributed by atoms with Crippen molar-refractivity contribution >= 4 is 10.0 Å². The molecule has 7 heteroatoms. The number of sulfonamides is 1. The predicted molar refractivity (Wildman–Crippen MR) is 64.3 cm³/mol. The third kappa shape index (κ3) is 3.27. The van der Waals surface area contributed by atoms with Gasteiger partial charge in [0.15, 0.2) is 5.03 Å². The summed E-state index contributed by atoms with van der Waals surface area (Å²) in [5.41, 5.74) is 0. The molecule has 2 N–H and O–H groups in total. The average molecular weight is 261 g/mol. The molecule has 0 radical (unpaired) electrons. The Balaban J connectivity index is 3.23. The molecule has 1 heterocycles. The van der Waals surface area contributed by atoms with Crippen LogP contribution in [0.15, 0.2) is 11.2 Å². The summed E-state index contributed by atoms with van der Waals surface area (Å²) >= 11 is 0. The SMILES string of the molecule is COCC(C)n1cc(S(N)(=O)=O)nc1C(C)C. The summed E-state index contributed by atoms with van der Waals surface area (Å²) < 4.78 is 29.4. The lowest BCUT2D eigenvalue weighted by Gasteiger charge is -2.16. The zero-order valence-corrected chi connectivity index (χ0v) is 11.4. The summed E-state index contributed by atoms with van der Waals surface area (Å²) in [7, 11) is -2.16. The first-order chi connectivity index (χ1) is 7.77. The van der Waals surface area contributed by atoms with Crippen molar-refractivity contribution in [3.8, 4) is 0 Å². The molecular weight excluding hydrogens is 242 g/mol. The van der Waals surface area contributed by atoms with Gasteiger partial charge in [-0.1, -0.05) is 13.8 Å². The van der Waals surface area contributed by atoms with Gasteiger partial charge in [0, 0.05) is 19.2 Å². The normalized spacial score (nSPS) is 14.2. The highest BCUT2D eigenvalue weighted by atomic mass is 32.2. The number of aromatic nitrogens is 2. The van der Waals surface area contributed by atoms with Crippen LogP contribution in [0.25, 0.3) is 0 Å². The van der Waals surface area contributed by atoms with Crippen LogP contribution in [-0.2, 0) is 14.8 Å². The number of hydrogen-bond donors (Lipinski definition) is 1. The van der Waals surface area contributed by atoms with Crippen molar-refractivity contribution in [2.24, 2.45) is 5.14 Å². The maximum Gasteiger partial charge on any atom is 0.257 e. The molecule has 0 saturated carbocycles. The van der Waals surface area contributed by atoms with Crippen molar-refractivity contribution < 1.29 is 13.2 Å². The van der Waals surface area contributed by atoms with Gasteiger partial charge in [0.2, 0.25) is 0 Å². The second kappa shape index (κ2) is 5.16. The fourth-order valence-corrected chi connectivity index (χ4v) is 2.10. The van der Waals surface area contributed by atoms with E-state index in [1.807, 2.05) is 20.8 Å². The lowest BCUT2D eigenvalue weighted by atomic mass is 10.2. The van der Waals surface area contributed by atoms with Gasteiger partial charge in [-0.2, -0.15) is 0 Å². The number of ether oxygens (including phenoxy) is 1. The zero-order chi connectivity index (χ0) is 13.2. The maximum absolute atomic E-state index is 11.3. The minimum atomic E-state index is -3.76. The molecule has 0 aliphatic carbocycles. The van der Waals surface area contributed by atoms with Crippen molar-refractivity contribution in [2.75, 3.05) is 13.7 Å². The van der Waals surface area contributed by atoms with E-state index in [4.69, 9.17) is 9.88 Å². The summed E-state index contributed by atoms with van der Waals surface area (Å²) in [5, 5.41) is 4.99. The number of methoxy groups -OCH3 is 1. The van der Waals surface area contributed by atoms with Crippen molar-refractivity contribution in [1.82, 2.24) is 9.55 Å². The van der Waals surface area contributed by atoms with Crippen LogP contribution in [0, 0.1) is 0 Å². The van der Waals surface area contributed by atoms with Gasteiger partial charge >= 0.3 is 0 Å². The summed E-state index contributed by atoms with van der Waals surface area (Å²) in [4.78, 5) is 4.08. The summed E-state index contributed by atoms with van der Waals surface area (Å²) in [5.74, 6) is 0.809. The van der Waals surface area contributed by atoms with Crippen molar-refractivity contribution in [3.63, 3.8) is 0 Å². The van der Waals surface area contributed by atoms with Crippen molar-refractivity contribution in [3.05, 3.63) is 12.0 Å². The zero-order valence-electron chi connectivity index (χ0n) is 10.5. The lowest BCUT2D eigenvalue weighted by molar-refractivity contribution is 0.160. The molecule has 0 aromatic carbocycles. The van der Waals surface area contributed by atoms with Crippen molar-refractivity contribution in [1.29, 1.82) is 0 Å². The van der Waals surface area contributed by atoms with Crippen LogP contribution in [0.5, 0.6) is 0 Å². The maximum atomic E-state index is 11.3. The number of imidazole rings is 1. The van der Waals surface area contributed by atoms with E-state index in [-0.39, 0.29) is 17.0 Å². The van der Waals surface area contributed by atoms with Gasteiger partial charge in [-0.3, -0.25) is 0 Å². The summed E-state index contributed by atoms with van der Waals surface area (Å²) in [6, 6.07) is 0.0143. The van der Waals surface area contributed by atoms with Crippen LogP contribution in [0.2, 0.25) is 0 Å². The third-order valence-corrected chi connectivity index (χ3v) is 3.21. The molecule has 0 saturated heterocycles. The van der Waals surface area contributed by atoms with E-state index in [2.05, 4.69) is 4.98 Å². The Morgan fingerprint density at radius 1 is 1.47 bits per heavy atom. The molecule has 0 aliphatic heterocycles. The molecule has 0 spiro atoms. The van der Waals surface area contributed by atoms with Crippen LogP contribution in [-0.4, -0.2) is 31.7 Å². The fraction of sp³-hybridized carbons (Fsp3) is 0.700. The Kier molecular flexibility index (Phi) is 4.29. The molecule has 1 atom stereocenters. The monoisotopic (exact) mass is 261 g/mol. The standard InChI is InChI=1S/C10H19N3O3S/c1-7(2)10-12-9(17(11,14)15)5-13(10)8(3)6-16-4/h5,7-8H,6H2,1-4H3,(H2,11,14,15). The average Bonchev–Trinajstić information content (AvgIpc) is 2.61. The van der Waals surface area contributed by atoms with Gasteiger partial charge < -0.3 is 9.30 Å². The topological polar surface area (TPSA) is 87.2 Å². The molecule has 0 amide bonds. The van der Waals surface area contributed by atoms with E-state index in [1.165, 1.54) is 6.20 Å². The minimum Gasteiger partial charge on any atom is -0.383 e. The van der Waals surface area contributed by atoms with E-state index in [0.717, 1.165) is 0 Å². The van der Waals surface area contributed by atoms with Crippen LogP contribution in [0.1, 0.15) is 38.6 Å². The highest BCUT2D eigenvalue weighted by Crippen LogP contribution is 2.21. The van der Waals surface area contributed by atoms with E-state index < -0.39 is 10.0 Å². The van der Waals surface area contributed by atoms with Gasteiger partial charge in [0.1, 0.15) is 5.82 Å². The van der Waals surface area contributed by atoms with E-state index in [9.17, 15) is 8.42 Å². The van der Waals surface area contributed by atoms with E-state index in [1.54, 1.807) is 11.7 Å². The number of primary sulfonamides is 1. The van der Waals surface area contributed by atoms with E-state index in [0.29, 0.717) is 12.4 Å². The third-order valence-electron chi connectivity index (χ3n) is 2.43. The first-order valence-corrected chi connectivity index (χ1v) is 6.92. The molecule has 0 bridgehead atoms. The molecule has 1 aromatic rings. The number of hydrogen-bond acceptors (Lipinski definition) is 4. The number of rotatable bonds is 5. The molecule has 6 nitrogen and oxygen atoms in total. The molecule has 98 valence electrons. The van der Waals surface area contributed by atoms with Crippen LogP contribution in [0.4, 0.5) is 0 Å². The van der Waals surface area contributed by atoms with Gasteiger partial charge in [-0.15, -0.1) is 0 Å². The largest absolute Gasteiger partial charge is 0.383 e. The Hall–Kier alpha value is -0.920. The molecule has 0 fully saturated rings. The predicted octanol–water partition coefficient (Wildman–Crippen LogP) is 0.861. The van der Waals surface area contributed by atoms with Crippen molar-refractivity contribution in [2.45, 2.75) is 37.8 Å². The fourth-order valence-electron chi connectivity index (χ4n) is 1.62.